The first-order valence-electron chi connectivity index (χ1n) is 7.67. The molecule has 1 aliphatic rings. The molecule has 1 aromatic rings. The van der Waals surface area contributed by atoms with Crippen molar-refractivity contribution >= 4 is 21.8 Å². The van der Waals surface area contributed by atoms with Crippen molar-refractivity contribution in [1.82, 2.24) is 10.2 Å². The van der Waals surface area contributed by atoms with E-state index in [4.69, 9.17) is 0 Å². The Morgan fingerprint density at radius 3 is 2.39 bits per heavy atom. The Bertz CT molecular complexity index is 687. The highest BCUT2D eigenvalue weighted by atomic mass is 32.2. The number of nitrogens with one attached hydrogen (secondary N) is 1. The average molecular weight is 338 g/mol. The van der Waals surface area contributed by atoms with E-state index in [1.54, 1.807) is 0 Å². The molecule has 2 rings (SSSR count). The monoisotopic (exact) mass is 338 g/mol. The molecule has 0 spiro atoms. The first-order valence-corrected chi connectivity index (χ1v) is 9.73. The largest absolute Gasteiger partial charge is 0.325 e. The molecule has 0 saturated carbocycles. The second-order valence-corrected chi connectivity index (χ2v) is 8.15. The molecule has 3 amide bonds. The molecule has 1 N–H and O–H groups in total. The van der Waals surface area contributed by atoms with E-state index in [0.29, 0.717) is 6.42 Å². The number of benzene rings is 1. The summed E-state index contributed by atoms with van der Waals surface area (Å²) in [6, 6.07) is 8.59. The van der Waals surface area contributed by atoms with Crippen molar-refractivity contribution in [3.05, 3.63) is 35.9 Å². The normalized spacial score (nSPS) is 21.6. The third-order valence-electron chi connectivity index (χ3n) is 4.03. The minimum absolute atomic E-state index is 0.121. The molecule has 1 heterocycles. The van der Waals surface area contributed by atoms with Crippen molar-refractivity contribution in [1.29, 1.82) is 0 Å². The summed E-state index contributed by atoms with van der Waals surface area (Å²) in [5.74, 6) is -0.601. The molecule has 126 valence electrons. The number of sulfone groups is 1. The van der Waals surface area contributed by atoms with Crippen molar-refractivity contribution in [3.8, 4) is 0 Å². The zero-order valence-corrected chi connectivity index (χ0v) is 14.2. The zero-order valence-electron chi connectivity index (χ0n) is 13.4. The van der Waals surface area contributed by atoms with Crippen LogP contribution in [0.25, 0.3) is 0 Å². The van der Waals surface area contributed by atoms with Gasteiger partial charge in [-0.3, -0.25) is 9.69 Å². The van der Waals surface area contributed by atoms with E-state index in [1.165, 1.54) is 0 Å². The number of amides is 3. The Morgan fingerprint density at radius 2 is 1.83 bits per heavy atom. The van der Waals surface area contributed by atoms with Crippen LogP contribution < -0.4 is 5.32 Å². The third kappa shape index (κ3) is 3.72. The fourth-order valence-corrected chi connectivity index (χ4v) is 3.27. The fraction of sp³-hybridized carbons (Fsp3) is 0.500. The van der Waals surface area contributed by atoms with Crippen LogP contribution in [0.4, 0.5) is 4.79 Å². The van der Waals surface area contributed by atoms with E-state index in [2.05, 4.69) is 5.32 Å². The smallest absolute Gasteiger partial charge is 0.319 e. The van der Waals surface area contributed by atoms with Crippen LogP contribution in [-0.4, -0.2) is 43.8 Å². The summed E-state index contributed by atoms with van der Waals surface area (Å²) in [6.45, 7) is 1.89. The van der Waals surface area contributed by atoms with Gasteiger partial charge in [-0.2, -0.15) is 0 Å². The van der Waals surface area contributed by atoms with Gasteiger partial charge in [-0.1, -0.05) is 50.1 Å². The molecule has 6 nitrogen and oxygen atoms in total. The number of nitrogens with zero attached hydrogens (tertiary/aromatic N) is 1. The maximum atomic E-state index is 12.9. The summed E-state index contributed by atoms with van der Waals surface area (Å²) in [5, 5.41) is 2.80. The number of rotatable bonds is 7. The summed E-state index contributed by atoms with van der Waals surface area (Å²) >= 11 is 0. The summed E-state index contributed by atoms with van der Waals surface area (Å²) in [5.41, 5.74) is -0.361. The average Bonchev–Trinajstić information content (AvgIpc) is 2.75. The van der Waals surface area contributed by atoms with Crippen LogP contribution in [0.5, 0.6) is 0 Å². The molecule has 1 aliphatic heterocycles. The van der Waals surface area contributed by atoms with Gasteiger partial charge < -0.3 is 5.32 Å². The minimum Gasteiger partial charge on any atom is -0.319 e. The maximum Gasteiger partial charge on any atom is 0.325 e. The van der Waals surface area contributed by atoms with E-state index in [-0.39, 0.29) is 18.2 Å². The lowest BCUT2D eigenvalue weighted by molar-refractivity contribution is -0.131. The van der Waals surface area contributed by atoms with Crippen LogP contribution in [0.15, 0.2) is 30.3 Å². The molecule has 0 unspecified atom stereocenters. The third-order valence-corrected chi connectivity index (χ3v) is 4.96. The lowest BCUT2D eigenvalue weighted by Crippen LogP contribution is -2.44. The molecule has 0 radical (unpaired) electrons. The molecule has 7 heteroatoms. The van der Waals surface area contributed by atoms with Gasteiger partial charge in [0.15, 0.2) is 0 Å². The van der Waals surface area contributed by atoms with Gasteiger partial charge in [-0.15, -0.1) is 0 Å². The predicted molar refractivity (Wildman–Crippen MR) is 87.6 cm³/mol. The fourth-order valence-electron chi connectivity index (χ4n) is 2.76. The van der Waals surface area contributed by atoms with Crippen molar-refractivity contribution < 1.29 is 18.0 Å². The van der Waals surface area contributed by atoms with Crippen LogP contribution in [0.1, 0.15) is 31.7 Å². The maximum absolute atomic E-state index is 12.9. The van der Waals surface area contributed by atoms with Crippen LogP contribution in [-0.2, 0) is 20.2 Å². The standard InChI is InChI=1S/C16H22N2O4S/c1-3-4-10-16(13-8-6-5-7-9-13)14(19)18(15(20)17-16)11-12-23(2,21)22/h5-9H,3-4,10-12H2,1-2H3,(H,17,20)/t16-/m1/s1. The van der Waals surface area contributed by atoms with Gasteiger partial charge in [0, 0.05) is 12.8 Å². The molecule has 1 saturated heterocycles. The van der Waals surface area contributed by atoms with Crippen LogP contribution in [0.2, 0.25) is 0 Å². The summed E-state index contributed by atoms with van der Waals surface area (Å²) in [6.07, 6.45) is 3.25. The van der Waals surface area contributed by atoms with Crippen molar-refractivity contribution in [2.24, 2.45) is 0 Å². The summed E-state index contributed by atoms with van der Waals surface area (Å²) in [4.78, 5) is 26.2. The molecule has 1 fully saturated rings. The number of imide groups is 1. The molecule has 1 aromatic carbocycles. The highest BCUT2D eigenvalue weighted by Gasteiger charge is 2.51. The Morgan fingerprint density at radius 1 is 1.17 bits per heavy atom. The lowest BCUT2D eigenvalue weighted by atomic mass is 9.85. The molecule has 0 aromatic heterocycles. The van der Waals surface area contributed by atoms with Gasteiger partial charge >= 0.3 is 6.03 Å². The number of carbonyl (C=O) groups is 2. The Kier molecular flexibility index (Phi) is 5.09. The van der Waals surface area contributed by atoms with Crippen LogP contribution >= 0.6 is 0 Å². The summed E-state index contributed by atoms with van der Waals surface area (Å²) < 4.78 is 22.7. The summed E-state index contributed by atoms with van der Waals surface area (Å²) in [7, 11) is -3.25. The number of carbonyl (C=O) groups excluding carboxylic acids is 2. The number of unbranched alkanes of at least 4 members (excludes halogenated alkanes) is 1. The minimum atomic E-state index is -3.25. The van der Waals surface area contributed by atoms with E-state index in [9.17, 15) is 18.0 Å². The van der Waals surface area contributed by atoms with Crippen LogP contribution in [0.3, 0.4) is 0 Å². The Balaban J connectivity index is 2.33. The quantitative estimate of drug-likeness (QED) is 0.767. The van der Waals surface area contributed by atoms with Gasteiger partial charge in [-0.25, -0.2) is 13.2 Å². The molecule has 0 bridgehead atoms. The zero-order chi connectivity index (χ0) is 17.1. The number of urea groups is 1. The molecule has 23 heavy (non-hydrogen) atoms. The van der Waals surface area contributed by atoms with Crippen molar-refractivity contribution in [2.45, 2.75) is 31.7 Å². The topological polar surface area (TPSA) is 83.6 Å². The van der Waals surface area contributed by atoms with E-state index in [0.717, 1.165) is 29.6 Å². The van der Waals surface area contributed by atoms with Gasteiger partial charge in [0.25, 0.3) is 5.91 Å². The Hall–Kier alpha value is -1.89. The predicted octanol–water partition coefficient (Wildman–Crippen LogP) is 1.67. The molecule has 1 atom stereocenters. The Labute approximate surface area is 136 Å². The number of hydrogen-bond donors (Lipinski definition) is 1. The van der Waals surface area contributed by atoms with Gasteiger partial charge in [-0.05, 0) is 12.0 Å². The second-order valence-electron chi connectivity index (χ2n) is 5.89. The van der Waals surface area contributed by atoms with Gasteiger partial charge in [0.05, 0.1) is 5.75 Å². The highest BCUT2D eigenvalue weighted by molar-refractivity contribution is 7.90. The van der Waals surface area contributed by atoms with E-state index in [1.807, 2.05) is 37.3 Å². The molecular weight excluding hydrogens is 316 g/mol. The molecular formula is C16H22N2O4S. The number of hydrogen-bond acceptors (Lipinski definition) is 4. The highest BCUT2D eigenvalue weighted by Crippen LogP contribution is 2.34. The SMILES string of the molecule is CCCC[C@]1(c2ccccc2)NC(=O)N(CCS(C)(=O)=O)C1=O. The lowest BCUT2D eigenvalue weighted by Gasteiger charge is -2.27. The van der Waals surface area contributed by atoms with Crippen molar-refractivity contribution in [2.75, 3.05) is 18.6 Å². The second kappa shape index (κ2) is 6.70. The van der Waals surface area contributed by atoms with Gasteiger partial charge in [0.2, 0.25) is 0 Å². The van der Waals surface area contributed by atoms with E-state index >= 15 is 0 Å². The molecule has 0 aliphatic carbocycles. The first-order chi connectivity index (χ1) is 10.8. The van der Waals surface area contributed by atoms with Gasteiger partial charge in [0.1, 0.15) is 15.4 Å². The first kappa shape index (κ1) is 17.5. The van der Waals surface area contributed by atoms with E-state index < -0.39 is 21.4 Å². The van der Waals surface area contributed by atoms with Crippen LogP contribution in [0, 0.1) is 0 Å². The van der Waals surface area contributed by atoms with Crippen molar-refractivity contribution in [3.63, 3.8) is 0 Å².